The van der Waals surface area contributed by atoms with Gasteiger partial charge in [-0.1, -0.05) is 0 Å². The van der Waals surface area contributed by atoms with Gasteiger partial charge in [0, 0.05) is 31.5 Å². The lowest BCUT2D eigenvalue weighted by Gasteiger charge is -2.30. The maximum atomic E-state index is 12.4. The molecule has 1 heterocycles. The largest absolute Gasteiger partial charge is 0.481 e. The third kappa shape index (κ3) is 4.79. The Morgan fingerprint density at radius 1 is 1.21 bits per heavy atom. The highest BCUT2D eigenvalue weighted by Gasteiger charge is 2.27. The topological polar surface area (TPSA) is 95.9 Å². The van der Waals surface area contributed by atoms with E-state index in [1.807, 2.05) is 0 Å². The molecule has 7 heteroatoms. The second kappa shape index (κ2) is 8.44. The molecule has 1 aliphatic rings. The van der Waals surface area contributed by atoms with E-state index in [4.69, 9.17) is 9.84 Å². The van der Waals surface area contributed by atoms with E-state index in [-0.39, 0.29) is 24.2 Å². The van der Waals surface area contributed by atoms with Crippen LogP contribution >= 0.6 is 0 Å². The summed E-state index contributed by atoms with van der Waals surface area (Å²) < 4.78 is 4.84. The first-order valence-electron chi connectivity index (χ1n) is 7.92. The van der Waals surface area contributed by atoms with Gasteiger partial charge in [0.2, 0.25) is 5.91 Å². The molecule has 0 unspecified atom stereocenters. The van der Waals surface area contributed by atoms with E-state index in [2.05, 4.69) is 5.32 Å². The van der Waals surface area contributed by atoms with E-state index in [9.17, 15) is 14.4 Å². The molecule has 0 atom stereocenters. The lowest BCUT2D eigenvalue weighted by Crippen LogP contribution is -2.40. The minimum absolute atomic E-state index is 0.115. The number of ether oxygens (including phenoxy) is 1. The van der Waals surface area contributed by atoms with Crippen molar-refractivity contribution in [3.63, 3.8) is 0 Å². The molecule has 1 aromatic carbocycles. The first-order chi connectivity index (χ1) is 11.5. The van der Waals surface area contributed by atoms with Gasteiger partial charge in [0.15, 0.2) is 0 Å². The standard InChI is InChI=1S/C17H22N2O5/c1-24-11-8-15(20)18-14-4-2-12(3-5-14)16(21)19-9-6-13(7-10-19)17(22)23/h2-5,13H,6-11H2,1H3,(H,18,20)(H,22,23). The molecule has 2 amide bonds. The number of carbonyl (C=O) groups is 3. The van der Waals surface area contributed by atoms with E-state index >= 15 is 0 Å². The average Bonchev–Trinajstić information content (AvgIpc) is 2.60. The molecule has 24 heavy (non-hydrogen) atoms. The summed E-state index contributed by atoms with van der Waals surface area (Å²) in [5, 5.41) is 11.7. The Kier molecular flexibility index (Phi) is 6.31. The van der Waals surface area contributed by atoms with Crippen molar-refractivity contribution in [2.24, 2.45) is 5.92 Å². The molecular formula is C17H22N2O5. The molecule has 0 saturated carbocycles. The first kappa shape index (κ1) is 17.9. The third-order valence-electron chi connectivity index (χ3n) is 4.08. The van der Waals surface area contributed by atoms with Gasteiger partial charge in [-0.05, 0) is 37.1 Å². The zero-order valence-corrected chi connectivity index (χ0v) is 13.7. The molecule has 0 radical (unpaired) electrons. The maximum absolute atomic E-state index is 12.4. The van der Waals surface area contributed by atoms with Crippen LogP contribution in [-0.4, -0.2) is 54.6 Å². The molecule has 1 saturated heterocycles. The van der Waals surface area contributed by atoms with Gasteiger partial charge in [-0.15, -0.1) is 0 Å². The van der Waals surface area contributed by atoms with Gasteiger partial charge in [-0.25, -0.2) is 0 Å². The van der Waals surface area contributed by atoms with E-state index in [0.717, 1.165) is 0 Å². The van der Waals surface area contributed by atoms with Gasteiger partial charge in [-0.2, -0.15) is 0 Å². The van der Waals surface area contributed by atoms with Crippen LogP contribution in [0.25, 0.3) is 0 Å². The predicted octanol–water partition coefficient (Wildman–Crippen LogP) is 1.60. The smallest absolute Gasteiger partial charge is 0.306 e. The Bertz CT molecular complexity index is 592. The Hall–Kier alpha value is -2.41. The summed E-state index contributed by atoms with van der Waals surface area (Å²) >= 11 is 0. The SMILES string of the molecule is COCCC(=O)Nc1ccc(C(=O)N2CCC(C(=O)O)CC2)cc1. The molecule has 1 fully saturated rings. The van der Waals surface area contributed by atoms with Crippen molar-refractivity contribution in [2.45, 2.75) is 19.3 Å². The van der Waals surface area contributed by atoms with Gasteiger partial charge in [0.25, 0.3) is 5.91 Å². The van der Waals surface area contributed by atoms with Crippen LogP contribution in [0.1, 0.15) is 29.6 Å². The second-order valence-corrected chi connectivity index (χ2v) is 5.77. The maximum Gasteiger partial charge on any atom is 0.306 e. The first-order valence-corrected chi connectivity index (χ1v) is 7.92. The van der Waals surface area contributed by atoms with E-state index in [1.54, 1.807) is 29.2 Å². The number of amides is 2. The number of anilines is 1. The summed E-state index contributed by atoms with van der Waals surface area (Å²) in [6.07, 6.45) is 1.24. The van der Waals surface area contributed by atoms with Gasteiger partial charge in [0.05, 0.1) is 18.9 Å². The van der Waals surface area contributed by atoms with Crippen LogP contribution in [0.2, 0.25) is 0 Å². The number of carboxylic acid groups (broad SMARTS) is 1. The molecule has 1 aromatic rings. The van der Waals surface area contributed by atoms with E-state index in [0.29, 0.717) is 43.8 Å². The predicted molar refractivity (Wildman–Crippen MR) is 87.8 cm³/mol. The monoisotopic (exact) mass is 334 g/mol. The Balaban J connectivity index is 1.89. The Morgan fingerprint density at radius 3 is 2.38 bits per heavy atom. The van der Waals surface area contributed by atoms with Crippen molar-refractivity contribution in [3.8, 4) is 0 Å². The molecule has 7 nitrogen and oxygen atoms in total. The van der Waals surface area contributed by atoms with Gasteiger partial charge in [-0.3, -0.25) is 14.4 Å². The summed E-state index contributed by atoms with van der Waals surface area (Å²) in [7, 11) is 1.53. The molecule has 0 bridgehead atoms. The summed E-state index contributed by atoms with van der Waals surface area (Å²) in [6.45, 7) is 1.26. The lowest BCUT2D eigenvalue weighted by molar-refractivity contribution is -0.143. The van der Waals surface area contributed by atoms with Gasteiger partial charge < -0.3 is 20.1 Å². The number of hydrogen-bond donors (Lipinski definition) is 2. The van der Waals surface area contributed by atoms with Crippen molar-refractivity contribution >= 4 is 23.5 Å². The van der Waals surface area contributed by atoms with Crippen LogP contribution < -0.4 is 5.32 Å². The highest BCUT2D eigenvalue weighted by Crippen LogP contribution is 2.20. The Labute approximate surface area is 140 Å². The van der Waals surface area contributed by atoms with Crippen molar-refractivity contribution < 1.29 is 24.2 Å². The fourth-order valence-electron chi connectivity index (χ4n) is 2.63. The number of carbonyl (C=O) groups excluding carboxylic acids is 2. The number of nitrogens with zero attached hydrogens (tertiary/aromatic N) is 1. The number of hydrogen-bond acceptors (Lipinski definition) is 4. The van der Waals surface area contributed by atoms with Crippen LogP contribution in [0.3, 0.4) is 0 Å². The molecule has 0 spiro atoms. The van der Waals surface area contributed by atoms with Crippen LogP contribution in [0.5, 0.6) is 0 Å². The van der Waals surface area contributed by atoms with E-state index in [1.165, 1.54) is 7.11 Å². The molecule has 2 N–H and O–H groups in total. The van der Waals surface area contributed by atoms with Crippen molar-refractivity contribution in [1.29, 1.82) is 0 Å². The highest BCUT2D eigenvalue weighted by molar-refractivity contribution is 5.96. The fourth-order valence-corrected chi connectivity index (χ4v) is 2.63. The number of carboxylic acids is 1. The number of benzene rings is 1. The highest BCUT2D eigenvalue weighted by atomic mass is 16.5. The van der Waals surface area contributed by atoms with Gasteiger partial charge >= 0.3 is 5.97 Å². The fraction of sp³-hybridized carbons (Fsp3) is 0.471. The van der Waals surface area contributed by atoms with Crippen molar-refractivity contribution in [3.05, 3.63) is 29.8 Å². The minimum atomic E-state index is -0.796. The average molecular weight is 334 g/mol. The zero-order valence-electron chi connectivity index (χ0n) is 13.7. The normalized spacial score (nSPS) is 15.1. The molecular weight excluding hydrogens is 312 g/mol. The van der Waals surface area contributed by atoms with Crippen molar-refractivity contribution in [1.82, 2.24) is 4.90 Å². The summed E-state index contributed by atoms with van der Waals surface area (Å²) in [5.74, 6) is -1.42. The zero-order chi connectivity index (χ0) is 17.5. The van der Waals surface area contributed by atoms with E-state index < -0.39 is 5.97 Å². The van der Waals surface area contributed by atoms with Crippen LogP contribution in [-0.2, 0) is 14.3 Å². The van der Waals surface area contributed by atoms with Crippen LogP contribution in [0.4, 0.5) is 5.69 Å². The summed E-state index contributed by atoms with van der Waals surface area (Å²) in [5.41, 5.74) is 1.15. The second-order valence-electron chi connectivity index (χ2n) is 5.77. The number of rotatable bonds is 6. The molecule has 0 aromatic heterocycles. The van der Waals surface area contributed by atoms with Crippen molar-refractivity contribution in [2.75, 3.05) is 32.1 Å². The molecule has 0 aliphatic carbocycles. The molecule has 1 aliphatic heterocycles. The number of methoxy groups -OCH3 is 1. The Morgan fingerprint density at radius 2 is 1.83 bits per heavy atom. The molecule has 130 valence electrons. The summed E-state index contributed by atoms with van der Waals surface area (Å²) in [4.78, 5) is 36.7. The summed E-state index contributed by atoms with van der Waals surface area (Å²) in [6, 6.07) is 6.69. The van der Waals surface area contributed by atoms with Crippen LogP contribution in [0, 0.1) is 5.92 Å². The number of nitrogens with one attached hydrogen (secondary N) is 1. The molecule has 2 rings (SSSR count). The van der Waals surface area contributed by atoms with Gasteiger partial charge in [0.1, 0.15) is 0 Å². The number of piperidine rings is 1. The number of aliphatic carboxylic acids is 1. The number of likely N-dealkylation sites (tertiary alicyclic amines) is 1. The minimum Gasteiger partial charge on any atom is -0.481 e. The lowest BCUT2D eigenvalue weighted by atomic mass is 9.96. The third-order valence-corrected chi connectivity index (χ3v) is 4.08. The quantitative estimate of drug-likeness (QED) is 0.824. The van der Waals surface area contributed by atoms with Crippen LogP contribution in [0.15, 0.2) is 24.3 Å².